The number of ether oxygens (including phenoxy) is 1. The van der Waals surface area contributed by atoms with Crippen LogP contribution in [0.1, 0.15) is 71.6 Å². The first-order valence-corrected chi connectivity index (χ1v) is 11.1. The van der Waals surface area contributed by atoms with Crippen LogP contribution in [-0.2, 0) is 9.53 Å². The topological polar surface area (TPSA) is 66.8 Å². The highest BCUT2D eigenvalue weighted by atomic mass is 16.5. The molecule has 0 amide bonds. The molecule has 2 N–H and O–H groups in total. The van der Waals surface area contributed by atoms with Crippen molar-refractivity contribution in [3.05, 3.63) is 0 Å². The molecule has 0 saturated heterocycles. The van der Waals surface area contributed by atoms with Gasteiger partial charge < -0.3 is 14.9 Å². The molecule has 4 aliphatic rings. The Hall–Kier alpha value is -0.450. The molecule has 4 nitrogen and oxygen atoms in total. The summed E-state index contributed by atoms with van der Waals surface area (Å²) >= 11 is 0. The Morgan fingerprint density at radius 1 is 1.00 bits per heavy atom. The lowest BCUT2D eigenvalue weighted by Crippen LogP contribution is -2.56. The van der Waals surface area contributed by atoms with Crippen molar-refractivity contribution in [2.75, 3.05) is 20.3 Å². The summed E-state index contributed by atoms with van der Waals surface area (Å²) in [5.41, 5.74) is -0.222. The standard InChI is InChI=1S/C23H38O4/c1-21-10-11-23(26,14-27-3)12-15(21)4-5-16-17-6-7-19(20(25)13-24)22(17,2)9-8-18(16)21/h15-19,24,26H,4-14H2,1-3H3/t15-,16-,17-,18-,19+,21-,22-,23+/m0/s1. The van der Waals surface area contributed by atoms with Gasteiger partial charge in [-0.2, -0.15) is 0 Å². The molecule has 0 bridgehead atoms. The Labute approximate surface area is 164 Å². The van der Waals surface area contributed by atoms with Gasteiger partial charge in [0.15, 0.2) is 5.78 Å². The Bertz CT molecular complexity index is 591. The van der Waals surface area contributed by atoms with Crippen molar-refractivity contribution >= 4 is 5.78 Å². The van der Waals surface area contributed by atoms with Crippen LogP contribution in [0.3, 0.4) is 0 Å². The lowest BCUT2D eigenvalue weighted by Gasteiger charge is -2.62. The second kappa shape index (κ2) is 6.81. The van der Waals surface area contributed by atoms with Gasteiger partial charge in [0.1, 0.15) is 6.61 Å². The fourth-order valence-electron chi connectivity index (χ4n) is 8.36. The van der Waals surface area contributed by atoms with Crippen LogP contribution < -0.4 is 0 Å². The van der Waals surface area contributed by atoms with Crippen molar-refractivity contribution in [3.63, 3.8) is 0 Å². The van der Waals surface area contributed by atoms with E-state index in [1.165, 1.54) is 19.3 Å². The molecular formula is C23H38O4. The number of rotatable bonds is 4. The van der Waals surface area contributed by atoms with Crippen LogP contribution in [0, 0.1) is 40.4 Å². The Balaban J connectivity index is 1.55. The number of hydrogen-bond acceptors (Lipinski definition) is 4. The van der Waals surface area contributed by atoms with Crippen molar-refractivity contribution in [3.8, 4) is 0 Å². The summed E-state index contributed by atoms with van der Waals surface area (Å²) in [5.74, 6) is 2.81. The van der Waals surface area contributed by atoms with Crippen LogP contribution >= 0.6 is 0 Å². The number of Topliss-reactive ketones (excluding diaryl/α,β-unsaturated/α-hetero) is 1. The summed E-state index contributed by atoms with van der Waals surface area (Å²) in [6.45, 7) is 5.00. The second-order valence-electron chi connectivity index (χ2n) is 10.8. The lowest BCUT2D eigenvalue weighted by molar-refractivity contribution is -0.164. The quantitative estimate of drug-likeness (QED) is 0.785. The van der Waals surface area contributed by atoms with Gasteiger partial charge in [0, 0.05) is 13.0 Å². The van der Waals surface area contributed by atoms with Gasteiger partial charge in [0.25, 0.3) is 0 Å². The number of carbonyl (C=O) groups is 1. The van der Waals surface area contributed by atoms with Crippen molar-refractivity contribution in [2.45, 2.75) is 77.2 Å². The van der Waals surface area contributed by atoms with Crippen LogP contribution in [0.2, 0.25) is 0 Å². The van der Waals surface area contributed by atoms with E-state index in [-0.39, 0.29) is 23.7 Å². The minimum atomic E-state index is -0.638. The first-order chi connectivity index (χ1) is 12.8. The van der Waals surface area contributed by atoms with Crippen molar-refractivity contribution in [1.82, 2.24) is 0 Å². The van der Waals surface area contributed by atoms with Crippen molar-refractivity contribution in [2.24, 2.45) is 40.4 Å². The van der Waals surface area contributed by atoms with Crippen LogP contribution in [0.25, 0.3) is 0 Å². The number of aliphatic hydroxyl groups is 2. The predicted octanol–water partition coefficient (Wildman–Crippen LogP) is 3.58. The molecule has 0 aromatic carbocycles. The summed E-state index contributed by atoms with van der Waals surface area (Å²) in [5, 5.41) is 20.4. The van der Waals surface area contributed by atoms with E-state index in [0.717, 1.165) is 50.4 Å². The molecule has 0 radical (unpaired) electrons. The molecule has 0 aromatic heterocycles. The number of fused-ring (bicyclic) bond motifs is 5. The molecule has 4 saturated carbocycles. The van der Waals surface area contributed by atoms with Gasteiger partial charge in [-0.05, 0) is 92.3 Å². The minimum Gasteiger partial charge on any atom is -0.389 e. The second-order valence-corrected chi connectivity index (χ2v) is 10.8. The third-order valence-corrected chi connectivity index (χ3v) is 9.78. The Morgan fingerprint density at radius 3 is 2.44 bits per heavy atom. The van der Waals surface area contributed by atoms with E-state index in [4.69, 9.17) is 4.74 Å². The number of aliphatic hydroxyl groups excluding tert-OH is 1. The van der Waals surface area contributed by atoms with Gasteiger partial charge in [-0.25, -0.2) is 0 Å². The summed E-state index contributed by atoms with van der Waals surface area (Å²) < 4.78 is 5.32. The maximum absolute atomic E-state index is 12.4. The van der Waals surface area contributed by atoms with Gasteiger partial charge in [0.05, 0.1) is 12.2 Å². The summed E-state index contributed by atoms with van der Waals surface area (Å²) in [4.78, 5) is 12.4. The first-order valence-electron chi connectivity index (χ1n) is 11.1. The summed E-state index contributed by atoms with van der Waals surface area (Å²) in [7, 11) is 1.69. The van der Waals surface area contributed by atoms with Gasteiger partial charge >= 0.3 is 0 Å². The molecular weight excluding hydrogens is 340 g/mol. The monoisotopic (exact) mass is 378 g/mol. The summed E-state index contributed by atoms with van der Waals surface area (Å²) in [6, 6.07) is 0. The zero-order valence-electron chi connectivity index (χ0n) is 17.4. The number of hydrogen-bond donors (Lipinski definition) is 2. The molecule has 8 atom stereocenters. The third kappa shape index (κ3) is 2.93. The molecule has 0 heterocycles. The molecule has 4 heteroatoms. The molecule has 154 valence electrons. The van der Waals surface area contributed by atoms with Gasteiger partial charge in [-0.1, -0.05) is 13.8 Å². The highest BCUT2D eigenvalue weighted by Gasteiger charge is 2.61. The number of methoxy groups -OCH3 is 1. The molecule has 4 rings (SSSR count). The van der Waals surface area contributed by atoms with Crippen molar-refractivity contribution in [1.29, 1.82) is 0 Å². The fraction of sp³-hybridized carbons (Fsp3) is 0.957. The minimum absolute atomic E-state index is 0.0668. The van der Waals surface area contributed by atoms with E-state index < -0.39 is 5.60 Å². The molecule has 0 unspecified atom stereocenters. The van der Waals surface area contributed by atoms with Gasteiger partial charge in [-0.3, -0.25) is 4.79 Å². The number of carbonyl (C=O) groups excluding carboxylic acids is 1. The van der Waals surface area contributed by atoms with E-state index >= 15 is 0 Å². The average molecular weight is 379 g/mol. The first kappa shape index (κ1) is 19.8. The van der Waals surface area contributed by atoms with E-state index in [1.54, 1.807) is 7.11 Å². The predicted molar refractivity (Wildman–Crippen MR) is 104 cm³/mol. The van der Waals surface area contributed by atoms with Gasteiger partial charge in [-0.15, -0.1) is 0 Å². The zero-order valence-corrected chi connectivity index (χ0v) is 17.4. The average Bonchev–Trinajstić information content (AvgIpc) is 2.99. The maximum Gasteiger partial charge on any atom is 0.161 e. The Kier molecular flexibility index (Phi) is 5.01. The molecule has 4 aliphatic carbocycles. The fourth-order valence-corrected chi connectivity index (χ4v) is 8.36. The molecule has 27 heavy (non-hydrogen) atoms. The van der Waals surface area contributed by atoms with Crippen LogP contribution in [0.4, 0.5) is 0 Å². The highest BCUT2D eigenvalue weighted by Crippen LogP contribution is 2.68. The van der Waals surface area contributed by atoms with E-state index in [9.17, 15) is 15.0 Å². The number of ketones is 1. The smallest absolute Gasteiger partial charge is 0.161 e. The molecule has 0 aliphatic heterocycles. The highest BCUT2D eigenvalue weighted by molar-refractivity contribution is 5.83. The van der Waals surface area contributed by atoms with E-state index in [0.29, 0.717) is 23.9 Å². The Morgan fingerprint density at radius 2 is 1.74 bits per heavy atom. The third-order valence-electron chi connectivity index (χ3n) is 9.78. The molecule has 0 aromatic rings. The molecule has 0 spiro atoms. The van der Waals surface area contributed by atoms with E-state index in [1.807, 2.05) is 0 Å². The van der Waals surface area contributed by atoms with Crippen LogP contribution in [0.15, 0.2) is 0 Å². The van der Waals surface area contributed by atoms with E-state index in [2.05, 4.69) is 13.8 Å². The molecule has 4 fully saturated rings. The normalized spacial score (nSPS) is 52.0. The summed E-state index contributed by atoms with van der Waals surface area (Å²) in [6.07, 6.45) is 9.74. The maximum atomic E-state index is 12.4. The van der Waals surface area contributed by atoms with Crippen LogP contribution in [0.5, 0.6) is 0 Å². The van der Waals surface area contributed by atoms with Gasteiger partial charge in [0.2, 0.25) is 0 Å². The largest absolute Gasteiger partial charge is 0.389 e. The SMILES string of the molecule is COC[C@@]1(O)CC[C@@]2(C)[C@@H](CC[C@@H]3[C@@H]2CC[C@]2(C)[C@@H](C(=O)CO)CC[C@@H]32)C1. The van der Waals surface area contributed by atoms with Crippen molar-refractivity contribution < 1.29 is 19.7 Å². The zero-order chi connectivity index (χ0) is 19.4. The lowest BCUT2D eigenvalue weighted by atomic mass is 9.44. The van der Waals surface area contributed by atoms with Crippen LogP contribution in [-0.4, -0.2) is 41.9 Å².